The van der Waals surface area contributed by atoms with E-state index in [0.717, 1.165) is 0 Å². The highest BCUT2D eigenvalue weighted by Crippen LogP contribution is 2.34. The van der Waals surface area contributed by atoms with Gasteiger partial charge in [0.2, 0.25) is 0 Å². The summed E-state index contributed by atoms with van der Waals surface area (Å²) in [5, 5.41) is 11.3. The first-order chi connectivity index (χ1) is 7.54. The lowest BCUT2D eigenvalue weighted by molar-refractivity contribution is -0.119. The topological polar surface area (TPSA) is 84.9 Å². The molecule has 0 atom stereocenters. The Morgan fingerprint density at radius 2 is 2.06 bits per heavy atom. The molecule has 1 amide bonds. The largest absolute Gasteiger partial charge is 0.481 e. The van der Waals surface area contributed by atoms with Gasteiger partial charge in [-0.2, -0.15) is 0 Å². The lowest BCUT2D eigenvalue weighted by atomic mass is 10.2. The number of nitrogens with two attached hydrogens (primary N) is 1. The number of ether oxygens (including phenoxy) is 1. The van der Waals surface area contributed by atoms with Crippen LogP contribution in [0.2, 0.25) is 0 Å². The molecule has 0 spiro atoms. The molecule has 0 aromatic heterocycles. The second kappa shape index (κ2) is 5.86. The summed E-state index contributed by atoms with van der Waals surface area (Å²) >= 11 is 6.54. The quantitative estimate of drug-likeness (QED) is 0.493. The number of carbonyl (C=O) groups is 1. The van der Waals surface area contributed by atoms with E-state index < -0.39 is 5.91 Å². The van der Waals surface area contributed by atoms with Crippen molar-refractivity contribution in [2.45, 2.75) is 0 Å². The Hall–Kier alpha value is -1.08. The second-order valence-electron chi connectivity index (χ2n) is 2.81. The van der Waals surface area contributed by atoms with Crippen molar-refractivity contribution < 1.29 is 14.7 Å². The first-order valence-electron chi connectivity index (χ1n) is 4.12. The number of hydrogen-bond acceptors (Lipinski definition) is 4. The highest BCUT2D eigenvalue weighted by atomic mass is 79.9. The van der Waals surface area contributed by atoms with E-state index in [1.54, 1.807) is 12.1 Å². The molecule has 0 fully saturated rings. The molecule has 7 heteroatoms. The van der Waals surface area contributed by atoms with Gasteiger partial charge in [0, 0.05) is 0 Å². The van der Waals surface area contributed by atoms with Crippen LogP contribution in [0.5, 0.6) is 5.75 Å². The molecule has 3 N–H and O–H groups in total. The lowest BCUT2D eigenvalue weighted by Crippen LogP contribution is -2.20. The van der Waals surface area contributed by atoms with Crippen molar-refractivity contribution in [1.82, 2.24) is 0 Å². The Bertz CT molecular complexity index is 412. The maximum atomic E-state index is 10.6. The average molecular weight is 352 g/mol. The smallest absolute Gasteiger partial charge is 0.255 e. The second-order valence-corrected chi connectivity index (χ2v) is 4.52. The van der Waals surface area contributed by atoms with Crippen molar-refractivity contribution in [2.24, 2.45) is 10.9 Å². The van der Waals surface area contributed by atoms with E-state index >= 15 is 0 Å². The Balaban J connectivity index is 2.98. The van der Waals surface area contributed by atoms with Crippen LogP contribution in [-0.4, -0.2) is 23.9 Å². The molecular formula is C9H8Br2N2O3. The Labute approximate surface area is 109 Å². The zero-order valence-corrected chi connectivity index (χ0v) is 11.2. The standard InChI is InChI=1S/C9H8Br2N2O3/c10-6-1-5(3-13-15)2-7(11)9(6)16-4-8(12)14/h1-3,15H,4H2,(H2,12,14)/b13-3-. The molecule has 1 rings (SSSR count). The third kappa shape index (κ3) is 3.49. The van der Waals surface area contributed by atoms with E-state index in [9.17, 15) is 4.79 Å². The highest BCUT2D eigenvalue weighted by molar-refractivity contribution is 9.11. The van der Waals surface area contributed by atoms with Crippen molar-refractivity contribution >= 4 is 44.0 Å². The van der Waals surface area contributed by atoms with Gasteiger partial charge in [-0.25, -0.2) is 0 Å². The molecule has 0 bridgehead atoms. The molecule has 86 valence electrons. The SMILES string of the molecule is NC(=O)COc1c(Br)cc(/C=N\O)cc1Br. The van der Waals surface area contributed by atoms with Crippen LogP contribution in [0, 0.1) is 0 Å². The van der Waals surface area contributed by atoms with Gasteiger partial charge in [0.25, 0.3) is 5.91 Å². The van der Waals surface area contributed by atoms with E-state index in [1.165, 1.54) is 6.21 Å². The number of carbonyl (C=O) groups excluding carboxylic acids is 1. The van der Waals surface area contributed by atoms with Crippen LogP contribution >= 0.6 is 31.9 Å². The summed E-state index contributed by atoms with van der Waals surface area (Å²) < 4.78 is 6.43. The summed E-state index contributed by atoms with van der Waals surface area (Å²) in [6, 6.07) is 3.36. The van der Waals surface area contributed by atoms with Crippen molar-refractivity contribution in [2.75, 3.05) is 6.61 Å². The number of halogens is 2. The minimum absolute atomic E-state index is 0.204. The Morgan fingerprint density at radius 3 is 2.50 bits per heavy atom. The van der Waals surface area contributed by atoms with E-state index in [-0.39, 0.29) is 6.61 Å². The van der Waals surface area contributed by atoms with E-state index in [0.29, 0.717) is 20.3 Å². The van der Waals surface area contributed by atoms with Crippen LogP contribution in [0.4, 0.5) is 0 Å². The van der Waals surface area contributed by atoms with Crippen molar-refractivity contribution in [1.29, 1.82) is 0 Å². The fraction of sp³-hybridized carbons (Fsp3) is 0.111. The summed E-state index contributed by atoms with van der Waals surface area (Å²) in [5.74, 6) is -0.0892. The molecule has 1 aromatic carbocycles. The number of rotatable bonds is 4. The number of hydrogen-bond donors (Lipinski definition) is 2. The molecule has 0 aliphatic carbocycles. The molecule has 0 radical (unpaired) electrons. The van der Waals surface area contributed by atoms with Gasteiger partial charge in [-0.1, -0.05) is 5.16 Å². The maximum absolute atomic E-state index is 10.6. The van der Waals surface area contributed by atoms with Crippen LogP contribution in [0.3, 0.4) is 0 Å². The number of oxime groups is 1. The summed E-state index contributed by atoms with van der Waals surface area (Å²) in [5.41, 5.74) is 5.64. The molecular weight excluding hydrogens is 344 g/mol. The number of primary amides is 1. The molecule has 5 nitrogen and oxygen atoms in total. The Kier molecular flexibility index (Phi) is 4.75. The summed E-state index contributed by atoms with van der Waals surface area (Å²) in [4.78, 5) is 10.6. The molecule has 16 heavy (non-hydrogen) atoms. The summed E-state index contributed by atoms with van der Waals surface area (Å²) in [6.07, 6.45) is 1.27. The molecule has 0 aliphatic rings. The first kappa shape index (κ1) is 13.0. The maximum Gasteiger partial charge on any atom is 0.255 e. The predicted molar refractivity (Wildman–Crippen MR) is 65.9 cm³/mol. The number of benzene rings is 1. The van der Waals surface area contributed by atoms with Crippen molar-refractivity contribution in [3.05, 3.63) is 26.6 Å². The van der Waals surface area contributed by atoms with Crippen molar-refractivity contribution in [3.8, 4) is 5.75 Å². The lowest BCUT2D eigenvalue weighted by Gasteiger charge is -2.09. The van der Waals surface area contributed by atoms with Gasteiger partial charge in [0.05, 0.1) is 15.2 Å². The third-order valence-electron chi connectivity index (χ3n) is 1.59. The Morgan fingerprint density at radius 1 is 1.50 bits per heavy atom. The van der Waals surface area contributed by atoms with E-state index in [2.05, 4.69) is 37.0 Å². The highest BCUT2D eigenvalue weighted by Gasteiger charge is 2.09. The number of amides is 1. The molecule has 1 aromatic rings. The van der Waals surface area contributed by atoms with Crippen LogP contribution in [0.1, 0.15) is 5.56 Å². The minimum Gasteiger partial charge on any atom is -0.481 e. The van der Waals surface area contributed by atoms with Gasteiger partial charge < -0.3 is 15.7 Å². The van der Waals surface area contributed by atoms with Crippen LogP contribution < -0.4 is 10.5 Å². The average Bonchev–Trinajstić information content (AvgIpc) is 2.16. The van der Waals surface area contributed by atoms with Gasteiger partial charge >= 0.3 is 0 Å². The van der Waals surface area contributed by atoms with Crippen molar-refractivity contribution in [3.63, 3.8) is 0 Å². The van der Waals surface area contributed by atoms with Gasteiger partial charge in [-0.3, -0.25) is 4.79 Å². The minimum atomic E-state index is -0.556. The fourth-order valence-corrected chi connectivity index (χ4v) is 2.45. The fourth-order valence-electron chi connectivity index (χ4n) is 1.00. The van der Waals surface area contributed by atoms with Gasteiger partial charge in [0.1, 0.15) is 5.75 Å². The first-order valence-corrected chi connectivity index (χ1v) is 5.70. The van der Waals surface area contributed by atoms with Gasteiger partial charge in [0.15, 0.2) is 6.61 Å². The molecule has 0 aliphatic heterocycles. The molecule has 0 saturated carbocycles. The summed E-state index contributed by atoms with van der Waals surface area (Å²) in [6.45, 7) is -0.204. The number of nitrogens with zero attached hydrogens (tertiary/aromatic N) is 1. The van der Waals surface area contributed by atoms with E-state index in [4.69, 9.17) is 15.7 Å². The van der Waals surface area contributed by atoms with E-state index in [1.807, 2.05) is 0 Å². The molecule has 0 heterocycles. The molecule has 0 unspecified atom stereocenters. The zero-order chi connectivity index (χ0) is 12.1. The van der Waals surface area contributed by atoms with Gasteiger partial charge in [-0.15, -0.1) is 0 Å². The van der Waals surface area contributed by atoms with Crippen LogP contribution in [0.15, 0.2) is 26.2 Å². The van der Waals surface area contributed by atoms with Crippen LogP contribution in [-0.2, 0) is 4.79 Å². The normalized spacial score (nSPS) is 10.6. The third-order valence-corrected chi connectivity index (χ3v) is 2.76. The monoisotopic (exact) mass is 350 g/mol. The molecule has 0 saturated heterocycles. The zero-order valence-electron chi connectivity index (χ0n) is 7.98. The predicted octanol–water partition coefficient (Wildman–Crippen LogP) is 1.88. The summed E-state index contributed by atoms with van der Waals surface area (Å²) in [7, 11) is 0. The van der Waals surface area contributed by atoms with Gasteiger partial charge in [-0.05, 0) is 49.6 Å². The van der Waals surface area contributed by atoms with Crippen LogP contribution in [0.25, 0.3) is 0 Å².